The minimum absolute atomic E-state index is 0.155. The van der Waals surface area contributed by atoms with Crippen LogP contribution in [0.15, 0.2) is 4.99 Å². The second-order valence-corrected chi connectivity index (χ2v) is 4.87. The molecule has 1 saturated carbocycles. The van der Waals surface area contributed by atoms with Crippen LogP contribution in [0, 0.1) is 5.41 Å². The fourth-order valence-electron chi connectivity index (χ4n) is 2.55. The van der Waals surface area contributed by atoms with Crippen molar-refractivity contribution in [1.29, 1.82) is 0 Å². The number of carbonyl (C=O) groups excluding carboxylic acids is 2. The molecule has 0 aromatic carbocycles. The van der Waals surface area contributed by atoms with Gasteiger partial charge in [-0.25, -0.2) is 0 Å². The summed E-state index contributed by atoms with van der Waals surface area (Å²) < 4.78 is 0. The lowest BCUT2D eigenvalue weighted by Crippen LogP contribution is -2.61. The van der Waals surface area contributed by atoms with Crippen molar-refractivity contribution in [2.75, 3.05) is 26.2 Å². The molecule has 2 amide bonds. The third kappa shape index (κ3) is 1.55. The first-order valence-electron chi connectivity index (χ1n) is 6.13. The smallest absolute Gasteiger partial charge is 0.264 e. The molecule has 2 heterocycles. The zero-order valence-corrected chi connectivity index (χ0v) is 9.66. The summed E-state index contributed by atoms with van der Waals surface area (Å²) >= 11 is 0. The molecule has 0 bridgehead atoms. The summed E-state index contributed by atoms with van der Waals surface area (Å²) in [6.07, 6.45) is 2.24. The van der Waals surface area contributed by atoms with Gasteiger partial charge in [0.2, 0.25) is 11.9 Å². The highest BCUT2D eigenvalue weighted by Crippen LogP contribution is 2.43. The minimum atomic E-state index is -0.822. The van der Waals surface area contributed by atoms with Crippen LogP contribution in [-0.2, 0) is 9.59 Å². The number of hydrogen-bond donors (Lipinski definition) is 2. The van der Waals surface area contributed by atoms with E-state index in [1.165, 1.54) is 0 Å². The molecule has 2 fully saturated rings. The molecular formula is C11H16N4O2. The number of amides is 2. The molecule has 1 aliphatic carbocycles. The van der Waals surface area contributed by atoms with E-state index in [0.717, 1.165) is 32.6 Å². The summed E-state index contributed by atoms with van der Waals surface area (Å²) in [4.78, 5) is 30.0. The van der Waals surface area contributed by atoms with E-state index in [-0.39, 0.29) is 11.8 Å². The summed E-state index contributed by atoms with van der Waals surface area (Å²) in [5, 5.41) is 6.02. The number of nitrogens with zero attached hydrogens (tertiary/aromatic N) is 2. The van der Waals surface area contributed by atoms with Crippen molar-refractivity contribution in [3.8, 4) is 0 Å². The van der Waals surface area contributed by atoms with E-state index in [9.17, 15) is 9.59 Å². The molecule has 1 spiro atoms. The highest BCUT2D eigenvalue weighted by Gasteiger charge is 2.53. The average Bonchev–Trinajstić information content (AvgIpc) is 2.27. The molecule has 6 heteroatoms. The van der Waals surface area contributed by atoms with Crippen LogP contribution in [0.1, 0.15) is 19.3 Å². The van der Waals surface area contributed by atoms with Crippen LogP contribution in [0.3, 0.4) is 0 Å². The van der Waals surface area contributed by atoms with Gasteiger partial charge >= 0.3 is 0 Å². The first kappa shape index (κ1) is 10.7. The van der Waals surface area contributed by atoms with E-state index in [1.807, 2.05) is 4.90 Å². The SMILES string of the molecule is O=C1N=C(N2CCNCC2)NC(=O)C12CCC2. The molecule has 6 nitrogen and oxygen atoms in total. The predicted molar refractivity (Wildman–Crippen MR) is 61.3 cm³/mol. The third-order valence-corrected chi connectivity index (χ3v) is 3.90. The van der Waals surface area contributed by atoms with Gasteiger partial charge in [0.15, 0.2) is 0 Å². The van der Waals surface area contributed by atoms with Crippen LogP contribution >= 0.6 is 0 Å². The highest BCUT2D eigenvalue weighted by atomic mass is 16.2. The second kappa shape index (κ2) is 3.80. The summed E-state index contributed by atoms with van der Waals surface area (Å²) in [5.74, 6) is 0.0392. The largest absolute Gasteiger partial charge is 0.340 e. The lowest BCUT2D eigenvalue weighted by atomic mass is 9.67. The first-order chi connectivity index (χ1) is 8.22. The maximum absolute atomic E-state index is 12.0. The van der Waals surface area contributed by atoms with Crippen molar-refractivity contribution in [2.24, 2.45) is 10.4 Å². The first-order valence-corrected chi connectivity index (χ1v) is 6.13. The maximum Gasteiger partial charge on any atom is 0.264 e. The molecule has 0 atom stereocenters. The van der Waals surface area contributed by atoms with E-state index < -0.39 is 5.41 Å². The molecule has 0 unspecified atom stereocenters. The van der Waals surface area contributed by atoms with Crippen LogP contribution in [0.25, 0.3) is 0 Å². The van der Waals surface area contributed by atoms with Crippen molar-refractivity contribution >= 4 is 17.8 Å². The molecule has 1 saturated heterocycles. The fourth-order valence-corrected chi connectivity index (χ4v) is 2.55. The summed E-state index contributed by atoms with van der Waals surface area (Å²) in [6.45, 7) is 3.27. The molecule has 3 aliphatic rings. The molecule has 17 heavy (non-hydrogen) atoms. The van der Waals surface area contributed by atoms with Gasteiger partial charge in [-0.05, 0) is 12.8 Å². The Hall–Kier alpha value is -1.43. The monoisotopic (exact) mass is 236 g/mol. The predicted octanol–water partition coefficient (Wildman–Crippen LogP) is -0.926. The van der Waals surface area contributed by atoms with Gasteiger partial charge in [0.25, 0.3) is 5.91 Å². The zero-order valence-electron chi connectivity index (χ0n) is 9.66. The standard InChI is InChI=1S/C11H16N4O2/c16-8-11(2-1-3-11)9(17)14-10(13-8)15-6-4-12-5-7-15/h12H,1-7H2,(H,13,14,16,17). The quantitative estimate of drug-likeness (QED) is 0.533. The normalized spacial score (nSPS) is 27.5. The van der Waals surface area contributed by atoms with E-state index in [4.69, 9.17) is 0 Å². The van der Waals surface area contributed by atoms with Crippen LogP contribution in [0.2, 0.25) is 0 Å². The Labute approximate surface area is 99.4 Å². The number of aliphatic imine (C=N–C) groups is 1. The summed E-state index contributed by atoms with van der Waals surface area (Å²) in [5.41, 5.74) is -0.822. The van der Waals surface area contributed by atoms with Crippen molar-refractivity contribution < 1.29 is 9.59 Å². The van der Waals surface area contributed by atoms with Gasteiger partial charge < -0.3 is 10.2 Å². The summed E-state index contributed by atoms with van der Waals surface area (Å²) in [7, 11) is 0. The van der Waals surface area contributed by atoms with Gasteiger partial charge in [-0.15, -0.1) is 0 Å². The van der Waals surface area contributed by atoms with Crippen molar-refractivity contribution in [3.63, 3.8) is 0 Å². The van der Waals surface area contributed by atoms with Crippen LogP contribution in [0.4, 0.5) is 0 Å². The van der Waals surface area contributed by atoms with Crippen LogP contribution in [0.5, 0.6) is 0 Å². The van der Waals surface area contributed by atoms with E-state index in [2.05, 4.69) is 15.6 Å². The molecule has 0 aromatic rings. The Morgan fingerprint density at radius 2 is 1.88 bits per heavy atom. The zero-order chi connectivity index (χ0) is 11.9. The number of piperazine rings is 1. The number of carbonyl (C=O) groups is 2. The van der Waals surface area contributed by atoms with Gasteiger partial charge in [-0.2, -0.15) is 4.99 Å². The average molecular weight is 236 g/mol. The Morgan fingerprint density at radius 3 is 2.41 bits per heavy atom. The van der Waals surface area contributed by atoms with Crippen molar-refractivity contribution in [1.82, 2.24) is 15.5 Å². The fraction of sp³-hybridized carbons (Fsp3) is 0.727. The van der Waals surface area contributed by atoms with Gasteiger partial charge in [0.05, 0.1) is 0 Å². The molecule has 2 N–H and O–H groups in total. The minimum Gasteiger partial charge on any atom is -0.340 e. The number of nitrogens with one attached hydrogen (secondary N) is 2. The molecule has 2 aliphatic heterocycles. The van der Waals surface area contributed by atoms with Gasteiger partial charge in [0.1, 0.15) is 5.41 Å². The molecular weight excluding hydrogens is 220 g/mol. The molecule has 92 valence electrons. The third-order valence-electron chi connectivity index (χ3n) is 3.90. The Bertz CT molecular complexity index is 394. The molecule has 0 aromatic heterocycles. The maximum atomic E-state index is 12.0. The van der Waals surface area contributed by atoms with Gasteiger partial charge in [0, 0.05) is 26.2 Å². The number of hydrogen-bond acceptors (Lipinski definition) is 4. The van der Waals surface area contributed by atoms with Crippen LogP contribution < -0.4 is 10.6 Å². The van der Waals surface area contributed by atoms with Gasteiger partial charge in [-0.3, -0.25) is 14.9 Å². The van der Waals surface area contributed by atoms with E-state index in [1.54, 1.807) is 0 Å². The van der Waals surface area contributed by atoms with Crippen molar-refractivity contribution in [2.45, 2.75) is 19.3 Å². The second-order valence-electron chi connectivity index (χ2n) is 4.87. The molecule has 3 rings (SSSR count). The lowest BCUT2D eigenvalue weighted by Gasteiger charge is -2.41. The summed E-state index contributed by atoms with van der Waals surface area (Å²) in [6, 6.07) is 0. The Morgan fingerprint density at radius 1 is 1.18 bits per heavy atom. The number of rotatable bonds is 0. The Kier molecular flexibility index (Phi) is 2.39. The topological polar surface area (TPSA) is 73.8 Å². The van der Waals surface area contributed by atoms with Crippen LogP contribution in [-0.4, -0.2) is 48.9 Å². The lowest BCUT2D eigenvalue weighted by molar-refractivity contribution is -0.147. The van der Waals surface area contributed by atoms with E-state index >= 15 is 0 Å². The molecule has 0 radical (unpaired) electrons. The van der Waals surface area contributed by atoms with Gasteiger partial charge in [-0.1, -0.05) is 6.42 Å². The number of guanidine groups is 1. The highest BCUT2D eigenvalue weighted by molar-refractivity contribution is 6.18. The van der Waals surface area contributed by atoms with Crippen molar-refractivity contribution in [3.05, 3.63) is 0 Å². The van der Waals surface area contributed by atoms with E-state index in [0.29, 0.717) is 18.8 Å². The Balaban J connectivity index is 1.81.